The van der Waals surface area contributed by atoms with Gasteiger partial charge in [-0.05, 0) is 36.6 Å². The molecule has 0 spiro atoms. The molecule has 2 atom stereocenters. The lowest BCUT2D eigenvalue weighted by atomic mass is 10.0. The highest BCUT2D eigenvalue weighted by Gasteiger charge is 2.31. The molecule has 2 unspecified atom stereocenters. The molecule has 0 radical (unpaired) electrons. The first-order chi connectivity index (χ1) is 7.67. The van der Waals surface area contributed by atoms with Crippen molar-refractivity contribution < 1.29 is 0 Å². The Balaban J connectivity index is 2.32. The Morgan fingerprint density at radius 1 is 1.56 bits per heavy atom. The Kier molecular flexibility index (Phi) is 3.53. The van der Waals surface area contributed by atoms with Gasteiger partial charge in [0.15, 0.2) is 0 Å². The molecule has 0 bridgehead atoms. The molecule has 2 nitrogen and oxygen atoms in total. The first-order valence-electron chi connectivity index (χ1n) is 5.91. The highest BCUT2D eigenvalue weighted by atomic mass is 35.5. The molecule has 1 aromatic rings. The van der Waals surface area contributed by atoms with Gasteiger partial charge in [0.05, 0.1) is 0 Å². The van der Waals surface area contributed by atoms with E-state index in [0.717, 1.165) is 18.0 Å². The number of nitrogens with zero attached hydrogens (tertiary/aromatic N) is 1. The Morgan fingerprint density at radius 3 is 2.94 bits per heavy atom. The van der Waals surface area contributed by atoms with Gasteiger partial charge in [-0.3, -0.25) is 4.90 Å². The van der Waals surface area contributed by atoms with Crippen molar-refractivity contribution in [1.29, 1.82) is 0 Å². The summed E-state index contributed by atoms with van der Waals surface area (Å²) in [6.45, 7) is 6.14. The van der Waals surface area contributed by atoms with Crippen LogP contribution in [0.15, 0.2) is 18.2 Å². The summed E-state index contributed by atoms with van der Waals surface area (Å²) in [6, 6.07) is 7.07. The third-order valence-corrected chi connectivity index (χ3v) is 3.84. The van der Waals surface area contributed by atoms with E-state index in [0.29, 0.717) is 18.6 Å². The van der Waals surface area contributed by atoms with Crippen molar-refractivity contribution in [1.82, 2.24) is 4.90 Å². The zero-order chi connectivity index (χ0) is 11.7. The molecule has 3 heteroatoms. The fraction of sp³-hybridized carbons (Fsp3) is 0.538. The van der Waals surface area contributed by atoms with Crippen LogP contribution in [0.3, 0.4) is 0 Å². The van der Waals surface area contributed by atoms with Crippen molar-refractivity contribution in [3.63, 3.8) is 0 Å². The predicted molar refractivity (Wildman–Crippen MR) is 68.5 cm³/mol. The van der Waals surface area contributed by atoms with Crippen LogP contribution < -0.4 is 5.73 Å². The summed E-state index contributed by atoms with van der Waals surface area (Å²) in [6.07, 6.45) is 1.15. The fourth-order valence-corrected chi connectivity index (χ4v) is 2.65. The number of benzene rings is 1. The summed E-state index contributed by atoms with van der Waals surface area (Å²) >= 11 is 6.05. The molecule has 0 amide bonds. The lowest BCUT2D eigenvalue weighted by Crippen LogP contribution is -2.34. The first kappa shape index (κ1) is 11.9. The second kappa shape index (κ2) is 4.74. The van der Waals surface area contributed by atoms with Gasteiger partial charge in [0.1, 0.15) is 0 Å². The van der Waals surface area contributed by atoms with Crippen molar-refractivity contribution >= 4 is 11.6 Å². The number of rotatable bonds is 3. The van der Waals surface area contributed by atoms with Crippen LogP contribution in [-0.4, -0.2) is 17.5 Å². The van der Waals surface area contributed by atoms with E-state index in [1.807, 2.05) is 6.07 Å². The van der Waals surface area contributed by atoms with Crippen molar-refractivity contribution in [3.8, 4) is 0 Å². The lowest BCUT2D eigenvalue weighted by Gasteiger charge is -2.29. The monoisotopic (exact) mass is 238 g/mol. The standard InChI is InChI=1S/C13H19ClN2/c1-3-9(2)16-8-10-4-5-11(14)6-12(10)13(16)7-15/h4-6,9,13H,3,7-8,15H2,1-2H3. The van der Waals surface area contributed by atoms with E-state index in [9.17, 15) is 0 Å². The lowest BCUT2D eigenvalue weighted by molar-refractivity contribution is 0.157. The van der Waals surface area contributed by atoms with E-state index in [1.165, 1.54) is 11.1 Å². The van der Waals surface area contributed by atoms with Gasteiger partial charge in [0.25, 0.3) is 0 Å². The molecule has 1 aliphatic heterocycles. The van der Waals surface area contributed by atoms with Crippen LogP contribution >= 0.6 is 11.6 Å². The van der Waals surface area contributed by atoms with Crippen LogP contribution in [0, 0.1) is 0 Å². The van der Waals surface area contributed by atoms with E-state index >= 15 is 0 Å². The van der Waals surface area contributed by atoms with Crippen molar-refractivity contribution in [2.75, 3.05) is 6.54 Å². The second-order valence-electron chi connectivity index (χ2n) is 4.52. The van der Waals surface area contributed by atoms with Crippen LogP contribution in [0.25, 0.3) is 0 Å². The van der Waals surface area contributed by atoms with E-state index < -0.39 is 0 Å². The van der Waals surface area contributed by atoms with Crippen molar-refractivity contribution in [2.24, 2.45) is 5.73 Å². The van der Waals surface area contributed by atoms with Gasteiger partial charge in [0, 0.05) is 30.2 Å². The summed E-state index contributed by atoms with van der Waals surface area (Å²) in [4.78, 5) is 2.47. The summed E-state index contributed by atoms with van der Waals surface area (Å²) in [5.41, 5.74) is 8.59. The highest BCUT2D eigenvalue weighted by Crippen LogP contribution is 2.36. The Labute approximate surface area is 102 Å². The first-order valence-corrected chi connectivity index (χ1v) is 6.29. The largest absolute Gasteiger partial charge is 0.329 e. The fourth-order valence-electron chi connectivity index (χ4n) is 2.47. The Bertz CT molecular complexity index is 378. The highest BCUT2D eigenvalue weighted by molar-refractivity contribution is 6.30. The van der Waals surface area contributed by atoms with Crippen LogP contribution in [-0.2, 0) is 6.54 Å². The molecule has 0 fully saturated rings. The van der Waals surface area contributed by atoms with Crippen LogP contribution in [0.2, 0.25) is 5.02 Å². The van der Waals surface area contributed by atoms with E-state index in [2.05, 4.69) is 30.9 Å². The zero-order valence-electron chi connectivity index (χ0n) is 9.91. The van der Waals surface area contributed by atoms with Crippen LogP contribution in [0.1, 0.15) is 37.4 Å². The maximum Gasteiger partial charge on any atom is 0.0480 e. The van der Waals surface area contributed by atoms with E-state index in [-0.39, 0.29) is 0 Å². The van der Waals surface area contributed by atoms with Crippen molar-refractivity contribution in [2.45, 2.75) is 38.9 Å². The van der Waals surface area contributed by atoms with Gasteiger partial charge in [-0.15, -0.1) is 0 Å². The topological polar surface area (TPSA) is 29.3 Å². The maximum absolute atomic E-state index is 6.05. The zero-order valence-corrected chi connectivity index (χ0v) is 10.7. The number of hydrogen-bond donors (Lipinski definition) is 1. The van der Waals surface area contributed by atoms with Gasteiger partial charge in [-0.1, -0.05) is 24.6 Å². The number of fused-ring (bicyclic) bond motifs is 1. The number of nitrogens with two attached hydrogens (primary N) is 1. The van der Waals surface area contributed by atoms with Gasteiger partial charge in [-0.25, -0.2) is 0 Å². The average Bonchev–Trinajstić information content (AvgIpc) is 2.65. The molecular weight excluding hydrogens is 220 g/mol. The minimum absolute atomic E-state index is 0.337. The Hall–Kier alpha value is -0.570. The smallest absolute Gasteiger partial charge is 0.0480 e. The van der Waals surface area contributed by atoms with Gasteiger partial charge < -0.3 is 5.73 Å². The summed E-state index contributed by atoms with van der Waals surface area (Å²) < 4.78 is 0. The molecule has 1 aromatic carbocycles. The summed E-state index contributed by atoms with van der Waals surface area (Å²) in [7, 11) is 0. The predicted octanol–water partition coefficient (Wildman–Crippen LogP) is 2.95. The third-order valence-electron chi connectivity index (χ3n) is 3.60. The molecule has 88 valence electrons. The van der Waals surface area contributed by atoms with E-state index in [1.54, 1.807) is 0 Å². The molecule has 16 heavy (non-hydrogen) atoms. The maximum atomic E-state index is 6.05. The SMILES string of the molecule is CCC(C)N1Cc2ccc(Cl)cc2C1CN. The van der Waals surface area contributed by atoms with E-state index in [4.69, 9.17) is 17.3 Å². The second-order valence-corrected chi connectivity index (χ2v) is 4.96. The normalized spacial score (nSPS) is 22.1. The van der Waals surface area contributed by atoms with Crippen LogP contribution in [0.4, 0.5) is 0 Å². The molecule has 1 aliphatic rings. The minimum atomic E-state index is 0.337. The molecule has 0 aromatic heterocycles. The van der Waals surface area contributed by atoms with Gasteiger partial charge in [-0.2, -0.15) is 0 Å². The molecule has 2 N–H and O–H groups in total. The summed E-state index contributed by atoms with van der Waals surface area (Å²) in [5, 5.41) is 0.809. The third kappa shape index (κ3) is 1.97. The molecule has 2 rings (SSSR count). The average molecular weight is 239 g/mol. The minimum Gasteiger partial charge on any atom is -0.329 e. The molecule has 1 heterocycles. The van der Waals surface area contributed by atoms with Gasteiger partial charge >= 0.3 is 0 Å². The number of halogens is 1. The summed E-state index contributed by atoms with van der Waals surface area (Å²) in [5.74, 6) is 0. The molecule has 0 saturated carbocycles. The molecule has 0 saturated heterocycles. The quantitative estimate of drug-likeness (QED) is 0.878. The Morgan fingerprint density at radius 2 is 2.31 bits per heavy atom. The van der Waals surface area contributed by atoms with Gasteiger partial charge in [0.2, 0.25) is 0 Å². The van der Waals surface area contributed by atoms with Crippen LogP contribution in [0.5, 0.6) is 0 Å². The number of hydrogen-bond acceptors (Lipinski definition) is 2. The van der Waals surface area contributed by atoms with Crippen molar-refractivity contribution in [3.05, 3.63) is 34.3 Å². The molecular formula is C13H19ClN2. The molecule has 0 aliphatic carbocycles.